The second kappa shape index (κ2) is 13.8. The zero-order valence-electron chi connectivity index (χ0n) is 28.1. The van der Waals surface area contributed by atoms with Crippen LogP contribution in [0.2, 0.25) is 0 Å². The first-order chi connectivity index (χ1) is 24.4. The van der Waals surface area contributed by atoms with Crippen LogP contribution in [0.1, 0.15) is 51.0 Å². The molecule has 2 N–H and O–H groups in total. The number of hydrogen-bond donors (Lipinski definition) is 2. The van der Waals surface area contributed by atoms with Crippen molar-refractivity contribution in [1.82, 2.24) is 20.2 Å². The van der Waals surface area contributed by atoms with Gasteiger partial charge >= 0.3 is 0 Å². The highest BCUT2D eigenvalue weighted by Gasteiger charge is 2.25. The van der Waals surface area contributed by atoms with Crippen LogP contribution < -0.4 is 10.2 Å². The Bertz CT molecular complexity index is 2080. The Morgan fingerprint density at radius 2 is 1.74 bits per heavy atom. The summed E-state index contributed by atoms with van der Waals surface area (Å²) < 4.78 is 34.2. The summed E-state index contributed by atoms with van der Waals surface area (Å²) in [5.74, 6) is -0.479. The third-order valence-electron chi connectivity index (χ3n) is 10.3. The molecular formula is C40H40F2N6O2. The first kappa shape index (κ1) is 32.3. The summed E-state index contributed by atoms with van der Waals surface area (Å²) in [6.07, 6.45) is 6.71. The maximum absolute atomic E-state index is 14.3. The number of amides is 1. The highest BCUT2D eigenvalue weighted by molar-refractivity contribution is 6.15. The van der Waals surface area contributed by atoms with Crippen molar-refractivity contribution in [3.8, 4) is 11.1 Å². The number of aliphatic imine (C=N–C) groups is 1. The lowest BCUT2D eigenvalue weighted by Gasteiger charge is -2.34. The number of nitrogens with zero attached hydrogens (tertiary/aromatic N) is 4. The molecule has 8 nitrogen and oxygen atoms in total. The number of fused-ring (bicyclic) bond motifs is 2. The van der Waals surface area contributed by atoms with Crippen LogP contribution >= 0.6 is 0 Å². The maximum atomic E-state index is 14.3. The SMILES string of the molecule is CN1CCN(c2ccc(C(=O)NC3=NCc4cc(-c5cnc6[nH]ccc6c5)c(Cc5cc(F)cc(F)c5)cc43)c(CC3CCOCC3)c2)CC1. The molecule has 0 radical (unpaired) electrons. The number of H-pyrrole nitrogens is 1. The first-order valence-corrected chi connectivity index (χ1v) is 17.4. The van der Waals surface area contributed by atoms with Gasteiger partial charge in [-0.2, -0.15) is 0 Å². The minimum Gasteiger partial charge on any atom is -0.381 e. The first-order valence-electron chi connectivity index (χ1n) is 17.4. The van der Waals surface area contributed by atoms with E-state index >= 15 is 0 Å². The number of nitrogens with one attached hydrogen (secondary N) is 2. The minimum absolute atomic E-state index is 0.191. The number of amidine groups is 1. The van der Waals surface area contributed by atoms with E-state index in [1.807, 2.05) is 24.4 Å². The molecule has 0 unspecified atom stereocenters. The molecule has 0 atom stereocenters. The Labute approximate surface area is 290 Å². The Balaban J connectivity index is 1.11. The monoisotopic (exact) mass is 674 g/mol. The zero-order valence-corrected chi connectivity index (χ0v) is 28.1. The second-order valence-electron chi connectivity index (χ2n) is 13.8. The highest BCUT2D eigenvalue weighted by Crippen LogP contribution is 2.34. The molecule has 0 spiro atoms. The predicted octanol–water partition coefficient (Wildman–Crippen LogP) is 6.51. The van der Waals surface area contributed by atoms with Crippen LogP contribution in [-0.4, -0.2) is 73.1 Å². The number of hydrogen-bond acceptors (Lipinski definition) is 6. The average Bonchev–Trinajstić information content (AvgIpc) is 3.74. The minimum atomic E-state index is -0.622. The number of halogens is 2. The molecule has 0 saturated carbocycles. The number of likely N-dealkylation sites (N-methyl/N-ethyl adjacent to an activating group) is 1. The molecule has 1 amide bonds. The summed E-state index contributed by atoms with van der Waals surface area (Å²) in [5.41, 5.74) is 8.57. The summed E-state index contributed by atoms with van der Waals surface area (Å²) in [7, 11) is 2.15. The molecule has 3 aliphatic rings. The largest absolute Gasteiger partial charge is 0.381 e. The van der Waals surface area contributed by atoms with E-state index < -0.39 is 11.6 Å². The van der Waals surface area contributed by atoms with Crippen molar-refractivity contribution in [3.05, 3.63) is 118 Å². The van der Waals surface area contributed by atoms with Crippen molar-refractivity contribution in [1.29, 1.82) is 0 Å². The standard InChI is InChI=1S/C40H40F2N6O2/c1-47-8-10-48(11-9-47)34-2-3-35(28(19-34)14-25-5-12-50-13-6-25)40(49)46-39-37-20-29(15-26-16-32(41)22-33(42)17-26)36(21-31(37)24-45-39)30-18-27-4-7-43-38(27)44-23-30/h2-4,7,16-23,25H,5-6,8-15,24H2,1H3,(H,43,44)(H,45,46,49). The molecule has 2 saturated heterocycles. The Morgan fingerprint density at radius 3 is 2.54 bits per heavy atom. The number of carbonyl (C=O) groups is 1. The van der Waals surface area contributed by atoms with Crippen molar-refractivity contribution in [2.24, 2.45) is 10.9 Å². The Morgan fingerprint density at radius 1 is 0.940 bits per heavy atom. The predicted molar refractivity (Wildman–Crippen MR) is 192 cm³/mol. The maximum Gasteiger partial charge on any atom is 0.257 e. The van der Waals surface area contributed by atoms with Crippen LogP contribution in [0.5, 0.6) is 0 Å². The van der Waals surface area contributed by atoms with E-state index in [0.29, 0.717) is 29.4 Å². The summed E-state index contributed by atoms with van der Waals surface area (Å²) in [6.45, 7) is 5.82. The van der Waals surface area contributed by atoms with Gasteiger partial charge in [0.2, 0.25) is 0 Å². The van der Waals surface area contributed by atoms with Gasteiger partial charge in [-0.05, 0) is 121 Å². The molecule has 0 bridgehead atoms. The number of benzene rings is 3. The number of carbonyl (C=O) groups excluding carboxylic acids is 1. The van der Waals surface area contributed by atoms with Gasteiger partial charge in [0, 0.05) is 85.6 Å². The van der Waals surface area contributed by atoms with Crippen molar-refractivity contribution in [2.75, 3.05) is 51.3 Å². The van der Waals surface area contributed by atoms with E-state index in [-0.39, 0.29) is 12.3 Å². The van der Waals surface area contributed by atoms with Crippen molar-refractivity contribution in [2.45, 2.75) is 32.2 Å². The van der Waals surface area contributed by atoms with Crippen molar-refractivity contribution >= 4 is 28.5 Å². The van der Waals surface area contributed by atoms with Crippen LogP contribution in [0.25, 0.3) is 22.2 Å². The molecule has 8 rings (SSSR count). The third-order valence-corrected chi connectivity index (χ3v) is 10.3. The molecule has 3 aromatic carbocycles. The molecule has 2 fully saturated rings. The van der Waals surface area contributed by atoms with Gasteiger partial charge in [0.1, 0.15) is 23.1 Å². The van der Waals surface area contributed by atoms with Gasteiger partial charge < -0.3 is 24.8 Å². The quantitative estimate of drug-likeness (QED) is 0.206. The van der Waals surface area contributed by atoms with Crippen LogP contribution in [0, 0.1) is 17.6 Å². The topological polar surface area (TPSA) is 85.9 Å². The number of piperazine rings is 1. The summed E-state index contributed by atoms with van der Waals surface area (Å²) in [4.78, 5) is 31.4. The van der Waals surface area contributed by atoms with Crippen LogP contribution in [0.3, 0.4) is 0 Å². The van der Waals surface area contributed by atoms with Gasteiger partial charge in [-0.15, -0.1) is 0 Å². The van der Waals surface area contributed by atoms with Gasteiger partial charge in [-0.25, -0.2) is 13.8 Å². The van der Waals surface area contributed by atoms with Gasteiger partial charge in [-0.1, -0.05) is 0 Å². The fourth-order valence-electron chi connectivity index (χ4n) is 7.50. The normalized spacial score (nSPS) is 16.9. The van der Waals surface area contributed by atoms with Crippen LogP contribution in [0.15, 0.2) is 78.0 Å². The van der Waals surface area contributed by atoms with Gasteiger partial charge in [-0.3, -0.25) is 9.79 Å². The summed E-state index contributed by atoms with van der Waals surface area (Å²) >= 11 is 0. The number of ether oxygens (including phenoxy) is 1. The Kier molecular flexibility index (Phi) is 8.89. The second-order valence-corrected chi connectivity index (χ2v) is 13.8. The molecule has 0 aliphatic carbocycles. The lowest BCUT2D eigenvalue weighted by atomic mass is 9.89. The number of aromatic amines is 1. The van der Waals surface area contributed by atoms with Gasteiger partial charge in [0.05, 0.1) is 6.54 Å². The smallest absolute Gasteiger partial charge is 0.257 e. The molecular weight excluding hydrogens is 634 g/mol. The molecule has 3 aliphatic heterocycles. The van der Waals surface area contributed by atoms with E-state index in [4.69, 9.17) is 9.73 Å². The molecule has 10 heteroatoms. The van der Waals surface area contributed by atoms with Gasteiger partial charge in [0.15, 0.2) is 0 Å². The third kappa shape index (κ3) is 6.78. The molecule has 50 heavy (non-hydrogen) atoms. The van der Waals surface area contributed by atoms with E-state index in [0.717, 1.165) is 115 Å². The van der Waals surface area contributed by atoms with E-state index in [1.165, 1.54) is 12.1 Å². The van der Waals surface area contributed by atoms with E-state index in [1.54, 1.807) is 6.20 Å². The summed E-state index contributed by atoms with van der Waals surface area (Å²) in [5, 5.41) is 4.12. The van der Waals surface area contributed by atoms with Gasteiger partial charge in [0.25, 0.3) is 5.91 Å². The van der Waals surface area contributed by atoms with E-state index in [2.05, 4.69) is 56.4 Å². The van der Waals surface area contributed by atoms with E-state index in [9.17, 15) is 13.6 Å². The highest BCUT2D eigenvalue weighted by atomic mass is 19.1. The lowest BCUT2D eigenvalue weighted by Crippen LogP contribution is -2.44. The molecule has 256 valence electrons. The summed E-state index contributed by atoms with van der Waals surface area (Å²) in [6, 6.07) is 17.9. The number of rotatable bonds is 7. The fraction of sp³-hybridized carbons (Fsp3) is 0.325. The fourth-order valence-corrected chi connectivity index (χ4v) is 7.50. The average molecular weight is 675 g/mol. The van der Waals surface area contributed by atoms with Crippen LogP contribution in [-0.2, 0) is 24.1 Å². The zero-order chi connectivity index (χ0) is 34.2. The lowest BCUT2D eigenvalue weighted by molar-refractivity contribution is 0.0664. The molecule has 5 heterocycles. The van der Waals surface area contributed by atoms with Crippen molar-refractivity contribution in [3.63, 3.8) is 0 Å². The molecule has 5 aromatic rings. The van der Waals surface area contributed by atoms with Crippen molar-refractivity contribution < 1.29 is 18.3 Å². The number of aromatic nitrogens is 2. The molecule has 2 aromatic heterocycles. The number of pyridine rings is 1. The Hall–Kier alpha value is -4.93. The number of anilines is 1. The van der Waals surface area contributed by atoms with Crippen LogP contribution in [0.4, 0.5) is 14.5 Å².